The van der Waals surface area contributed by atoms with Crippen molar-refractivity contribution in [2.75, 3.05) is 25.0 Å². The van der Waals surface area contributed by atoms with Gasteiger partial charge in [0.15, 0.2) is 0 Å². The average molecular weight is 481 g/mol. The number of anilines is 1. The van der Waals surface area contributed by atoms with Crippen LogP contribution in [0.15, 0.2) is 77.7 Å². The fraction of sp³-hybridized carbons (Fsp3) is 0.269. The Hall–Kier alpha value is -3.52. The van der Waals surface area contributed by atoms with Crippen molar-refractivity contribution in [3.05, 3.63) is 83.9 Å². The summed E-state index contributed by atoms with van der Waals surface area (Å²) in [5, 5.41) is 0. The molecule has 3 aromatic rings. The lowest BCUT2D eigenvalue weighted by atomic mass is 10.0. The van der Waals surface area contributed by atoms with E-state index in [0.717, 1.165) is 24.2 Å². The number of rotatable bonds is 8. The van der Waals surface area contributed by atoms with Gasteiger partial charge in [-0.05, 0) is 79.9 Å². The zero-order valence-corrected chi connectivity index (χ0v) is 20.0. The molecule has 1 N–H and O–H groups in total. The Morgan fingerprint density at radius 1 is 1.03 bits per heavy atom. The van der Waals surface area contributed by atoms with Gasteiger partial charge in [0.05, 0.1) is 24.7 Å². The molecule has 0 saturated carbocycles. The lowest BCUT2D eigenvalue weighted by Gasteiger charge is -2.25. The third kappa shape index (κ3) is 5.17. The lowest BCUT2D eigenvalue weighted by molar-refractivity contribution is 0.0735. The van der Waals surface area contributed by atoms with Crippen LogP contribution in [0.2, 0.25) is 0 Å². The number of hydrogen-bond acceptors (Lipinski definition) is 5. The van der Waals surface area contributed by atoms with E-state index in [1.165, 1.54) is 12.1 Å². The van der Waals surface area contributed by atoms with Crippen LogP contribution in [0.25, 0.3) is 0 Å². The second-order valence-electron chi connectivity index (χ2n) is 8.02. The third-order valence-electron chi connectivity index (χ3n) is 5.82. The smallest absolute Gasteiger partial charge is 0.261 e. The fourth-order valence-electron chi connectivity index (χ4n) is 4.14. The maximum atomic E-state index is 13.4. The molecule has 1 heterocycles. The Labute approximate surface area is 200 Å². The molecule has 1 saturated heterocycles. The first-order chi connectivity index (χ1) is 16.4. The van der Waals surface area contributed by atoms with Gasteiger partial charge in [0.2, 0.25) is 0 Å². The number of likely N-dealkylation sites (tertiary alicyclic amines) is 1. The predicted octanol–water partition coefficient (Wildman–Crippen LogP) is 4.87. The predicted molar refractivity (Wildman–Crippen MR) is 131 cm³/mol. The van der Waals surface area contributed by atoms with E-state index in [1.54, 1.807) is 43.5 Å². The average Bonchev–Trinajstić information content (AvgIpc) is 3.34. The van der Waals surface area contributed by atoms with Crippen LogP contribution in [0.5, 0.6) is 11.5 Å². The molecular formula is C26H28N2O5S. The number of nitrogens with one attached hydrogen (secondary N) is 1. The van der Waals surface area contributed by atoms with E-state index < -0.39 is 10.0 Å². The minimum atomic E-state index is -3.86. The van der Waals surface area contributed by atoms with Crippen LogP contribution in [0, 0.1) is 0 Å². The quantitative estimate of drug-likeness (QED) is 0.497. The van der Waals surface area contributed by atoms with Gasteiger partial charge in [-0.3, -0.25) is 9.52 Å². The van der Waals surface area contributed by atoms with E-state index in [2.05, 4.69) is 4.72 Å². The molecule has 8 heteroatoms. The molecule has 1 aliphatic heterocycles. The molecule has 178 valence electrons. The molecule has 1 aliphatic rings. The zero-order chi connectivity index (χ0) is 24.1. The molecule has 7 nitrogen and oxygen atoms in total. The molecule has 34 heavy (non-hydrogen) atoms. The van der Waals surface area contributed by atoms with Crippen molar-refractivity contribution in [3.63, 3.8) is 0 Å². The first-order valence-electron chi connectivity index (χ1n) is 11.2. The summed E-state index contributed by atoms with van der Waals surface area (Å²) >= 11 is 0. The summed E-state index contributed by atoms with van der Waals surface area (Å²) in [5.41, 5.74) is 1.79. The largest absolute Gasteiger partial charge is 0.497 e. The Bertz CT molecular complexity index is 1240. The van der Waals surface area contributed by atoms with Crippen LogP contribution in [-0.4, -0.2) is 39.5 Å². The number of nitrogens with zero attached hydrogens (tertiary/aromatic N) is 1. The minimum Gasteiger partial charge on any atom is -0.497 e. The van der Waals surface area contributed by atoms with Crippen molar-refractivity contribution < 1.29 is 22.7 Å². The van der Waals surface area contributed by atoms with E-state index >= 15 is 0 Å². The Morgan fingerprint density at radius 2 is 1.74 bits per heavy atom. The summed E-state index contributed by atoms with van der Waals surface area (Å²) in [4.78, 5) is 15.2. The molecule has 1 amide bonds. The minimum absolute atomic E-state index is 0.0333. The number of amides is 1. The molecule has 0 bridgehead atoms. The van der Waals surface area contributed by atoms with Crippen molar-refractivity contribution in [1.82, 2.24) is 4.90 Å². The van der Waals surface area contributed by atoms with Crippen molar-refractivity contribution in [1.29, 1.82) is 0 Å². The van der Waals surface area contributed by atoms with Crippen molar-refractivity contribution >= 4 is 21.6 Å². The normalized spacial score (nSPS) is 15.7. The highest BCUT2D eigenvalue weighted by molar-refractivity contribution is 7.92. The first kappa shape index (κ1) is 23.6. The van der Waals surface area contributed by atoms with Crippen LogP contribution in [0.1, 0.15) is 41.7 Å². The molecule has 4 rings (SSSR count). The van der Waals surface area contributed by atoms with Crippen LogP contribution < -0.4 is 14.2 Å². The second-order valence-corrected chi connectivity index (χ2v) is 9.70. The number of methoxy groups -OCH3 is 1. The van der Waals surface area contributed by atoms with E-state index in [-0.39, 0.29) is 16.8 Å². The van der Waals surface area contributed by atoms with Gasteiger partial charge in [-0.25, -0.2) is 8.42 Å². The number of benzene rings is 3. The summed E-state index contributed by atoms with van der Waals surface area (Å²) in [7, 11) is -2.32. The Balaban J connectivity index is 1.53. The SMILES string of the molecule is CCOc1ccc(C2CCCN2C(=O)c2cccc(S(=O)(=O)Nc3ccc(OC)cc3)c2)cc1. The highest BCUT2D eigenvalue weighted by Gasteiger charge is 2.31. The summed E-state index contributed by atoms with van der Waals surface area (Å²) in [6, 6.07) is 20.5. The Morgan fingerprint density at radius 3 is 2.41 bits per heavy atom. The van der Waals surface area contributed by atoms with E-state index in [0.29, 0.717) is 30.2 Å². The highest BCUT2D eigenvalue weighted by Crippen LogP contribution is 2.34. The summed E-state index contributed by atoms with van der Waals surface area (Å²) in [6.07, 6.45) is 1.75. The lowest BCUT2D eigenvalue weighted by Crippen LogP contribution is -2.30. The van der Waals surface area contributed by atoms with Gasteiger partial charge < -0.3 is 14.4 Å². The van der Waals surface area contributed by atoms with Gasteiger partial charge in [-0.15, -0.1) is 0 Å². The van der Waals surface area contributed by atoms with E-state index in [9.17, 15) is 13.2 Å². The van der Waals surface area contributed by atoms with Crippen molar-refractivity contribution in [2.24, 2.45) is 0 Å². The topological polar surface area (TPSA) is 84.9 Å². The second kappa shape index (κ2) is 10.2. The molecule has 1 fully saturated rings. The van der Waals surface area contributed by atoms with Crippen LogP contribution >= 0.6 is 0 Å². The first-order valence-corrected chi connectivity index (χ1v) is 12.7. The van der Waals surface area contributed by atoms with Gasteiger partial charge in [0.1, 0.15) is 11.5 Å². The molecule has 3 aromatic carbocycles. The number of sulfonamides is 1. The van der Waals surface area contributed by atoms with Gasteiger partial charge in [-0.1, -0.05) is 18.2 Å². The maximum absolute atomic E-state index is 13.4. The molecule has 0 aromatic heterocycles. The highest BCUT2D eigenvalue weighted by atomic mass is 32.2. The van der Waals surface area contributed by atoms with Gasteiger partial charge in [0, 0.05) is 17.8 Å². The zero-order valence-electron chi connectivity index (χ0n) is 19.2. The van der Waals surface area contributed by atoms with E-state index in [4.69, 9.17) is 9.47 Å². The van der Waals surface area contributed by atoms with Gasteiger partial charge >= 0.3 is 0 Å². The molecule has 0 spiro atoms. The molecule has 1 unspecified atom stereocenters. The van der Waals surface area contributed by atoms with E-state index in [1.807, 2.05) is 36.1 Å². The molecule has 1 atom stereocenters. The number of hydrogen-bond donors (Lipinski definition) is 1. The van der Waals surface area contributed by atoms with Crippen molar-refractivity contribution in [2.45, 2.75) is 30.7 Å². The Kier molecular flexibility index (Phi) is 7.07. The summed E-state index contributed by atoms with van der Waals surface area (Å²) in [6.45, 7) is 3.16. The number of carbonyl (C=O) groups is 1. The van der Waals surface area contributed by atoms with Crippen LogP contribution in [0.3, 0.4) is 0 Å². The van der Waals surface area contributed by atoms with Crippen LogP contribution in [-0.2, 0) is 10.0 Å². The third-order valence-corrected chi connectivity index (χ3v) is 7.20. The molecular weight excluding hydrogens is 452 g/mol. The van der Waals surface area contributed by atoms with Gasteiger partial charge in [-0.2, -0.15) is 0 Å². The number of ether oxygens (including phenoxy) is 2. The van der Waals surface area contributed by atoms with Gasteiger partial charge in [0.25, 0.3) is 15.9 Å². The maximum Gasteiger partial charge on any atom is 0.261 e. The summed E-state index contributed by atoms with van der Waals surface area (Å²) in [5.74, 6) is 1.24. The fourth-order valence-corrected chi connectivity index (χ4v) is 5.25. The monoisotopic (exact) mass is 480 g/mol. The summed E-state index contributed by atoms with van der Waals surface area (Å²) < 4.78 is 39.1. The standard InChI is InChI=1S/C26H28N2O5S/c1-3-33-23-13-9-19(10-14-23)25-8-5-17-28(25)26(29)20-6-4-7-24(18-20)34(30,31)27-21-11-15-22(32-2)16-12-21/h4,6-7,9-16,18,25,27H,3,5,8,17H2,1-2H3. The molecule has 0 aliphatic carbocycles. The van der Waals surface area contributed by atoms with Crippen molar-refractivity contribution in [3.8, 4) is 11.5 Å². The molecule has 0 radical (unpaired) electrons. The van der Waals surface area contributed by atoms with Crippen LogP contribution in [0.4, 0.5) is 5.69 Å². The number of carbonyl (C=O) groups excluding carboxylic acids is 1.